The van der Waals surface area contributed by atoms with Crippen LogP contribution in [-0.4, -0.2) is 17.4 Å². The van der Waals surface area contributed by atoms with Crippen LogP contribution in [0, 0.1) is 0 Å². The Bertz CT molecular complexity index is 549. The van der Waals surface area contributed by atoms with E-state index in [2.05, 4.69) is 4.74 Å². The van der Waals surface area contributed by atoms with Gasteiger partial charge in [-0.3, -0.25) is 9.59 Å². The van der Waals surface area contributed by atoms with Gasteiger partial charge in [0.25, 0.3) is 0 Å². The van der Waals surface area contributed by atoms with E-state index in [0.29, 0.717) is 6.92 Å². The molecule has 1 aliphatic carbocycles. The number of halogens is 3. The fourth-order valence-corrected chi connectivity index (χ4v) is 1.91. The molecule has 18 heavy (non-hydrogen) atoms. The van der Waals surface area contributed by atoms with Crippen molar-refractivity contribution < 1.29 is 27.5 Å². The maximum absolute atomic E-state index is 13.9. The van der Waals surface area contributed by atoms with E-state index in [4.69, 9.17) is 0 Å². The van der Waals surface area contributed by atoms with E-state index in [-0.39, 0.29) is 0 Å². The number of ketones is 1. The molecule has 0 aromatic heterocycles. The van der Waals surface area contributed by atoms with Gasteiger partial charge in [-0.2, -0.15) is 8.78 Å². The van der Waals surface area contributed by atoms with Gasteiger partial charge in [0.15, 0.2) is 0 Å². The second-order valence-corrected chi connectivity index (χ2v) is 4.18. The molecule has 0 N–H and O–H groups in total. The second-order valence-electron chi connectivity index (χ2n) is 4.18. The summed E-state index contributed by atoms with van der Waals surface area (Å²) in [6.07, 6.45) is 0. The van der Waals surface area contributed by atoms with E-state index < -0.39 is 40.2 Å². The van der Waals surface area contributed by atoms with Gasteiger partial charge in [0, 0.05) is 12.5 Å². The molecule has 0 spiro atoms. The lowest BCUT2D eigenvalue weighted by Crippen LogP contribution is -2.39. The van der Waals surface area contributed by atoms with Gasteiger partial charge in [0.1, 0.15) is 5.75 Å². The Labute approximate surface area is 101 Å². The van der Waals surface area contributed by atoms with Gasteiger partial charge in [-0.05, 0) is 13.0 Å². The summed E-state index contributed by atoms with van der Waals surface area (Å²) in [6.45, 7) is 1.55. The summed E-state index contributed by atoms with van der Waals surface area (Å²) in [5.74, 6) is -6.64. The minimum Gasteiger partial charge on any atom is -0.426 e. The van der Waals surface area contributed by atoms with Gasteiger partial charge in [0.2, 0.25) is 11.5 Å². The van der Waals surface area contributed by atoms with Crippen LogP contribution in [0.25, 0.3) is 0 Å². The zero-order valence-corrected chi connectivity index (χ0v) is 9.59. The van der Waals surface area contributed by atoms with Crippen molar-refractivity contribution in [2.24, 2.45) is 0 Å². The SMILES string of the molecule is CC(=O)Oc1cccc2c1C(F)(F)C(C)(F)C2=O. The molecule has 2 rings (SSSR count). The molecule has 0 heterocycles. The highest BCUT2D eigenvalue weighted by Gasteiger charge is 2.65. The van der Waals surface area contributed by atoms with Gasteiger partial charge < -0.3 is 4.74 Å². The minimum atomic E-state index is -4.02. The molecule has 1 aliphatic rings. The number of carbonyl (C=O) groups is 2. The largest absolute Gasteiger partial charge is 0.426 e. The molecular weight excluding hydrogens is 249 g/mol. The highest BCUT2D eigenvalue weighted by molar-refractivity contribution is 6.08. The fraction of sp³-hybridized carbons (Fsp3) is 0.333. The molecule has 1 aromatic carbocycles. The number of alkyl halides is 3. The summed E-state index contributed by atoms with van der Waals surface area (Å²) >= 11 is 0. The number of carbonyl (C=O) groups excluding carboxylic acids is 2. The molecule has 0 radical (unpaired) electrons. The average Bonchev–Trinajstić information content (AvgIpc) is 2.38. The fourth-order valence-electron chi connectivity index (χ4n) is 1.91. The van der Waals surface area contributed by atoms with E-state index in [0.717, 1.165) is 19.1 Å². The molecule has 0 saturated heterocycles. The molecule has 0 aliphatic heterocycles. The van der Waals surface area contributed by atoms with Crippen molar-refractivity contribution in [2.45, 2.75) is 25.4 Å². The highest BCUT2D eigenvalue weighted by Crippen LogP contribution is 2.53. The number of fused-ring (bicyclic) bond motifs is 1. The average molecular weight is 258 g/mol. The molecule has 1 atom stereocenters. The Morgan fingerprint density at radius 2 is 1.89 bits per heavy atom. The van der Waals surface area contributed by atoms with E-state index >= 15 is 0 Å². The van der Waals surface area contributed by atoms with Gasteiger partial charge in [0.05, 0.1) is 5.56 Å². The van der Waals surface area contributed by atoms with Crippen molar-refractivity contribution in [3.8, 4) is 5.75 Å². The third-order valence-electron chi connectivity index (χ3n) is 2.85. The van der Waals surface area contributed by atoms with Crippen molar-refractivity contribution in [2.75, 3.05) is 0 Å². The standard InChI is InChI=1S/C12H9F3O3/c1-6(16)18-8-5-3-4-7-9(8)12(14,15)11(2,13)10(7)17/h3-5H,1-2H3. The quantitative estimate of drug-likeness (QED) is 0.574. The van der Waals surface area contributed by atoms with Crippen LogP contribution in [0.3, 0.4) is 0 Å². The van der Waals surface area contributed by atoms with Gasteiger partial charge in [-0.15, -0.1) is 0 Å². The van der Waals surface area contributed by atoms with Gasteiger partial charge >= 0.3 is 11.9 Å². The van der Waals surface area contributed by atoms with Crippen LogP contribution in [0.15, 0.2) is 18.2 Å². The van der Waals surface area contributed by atoms with Gasteiger partial charge in [-0.1, -0.05) is 12.1 Å². The Morgan fingerprint density at radius 3 is 2.44 bits per heavy atom. The van der Waals surface area contributed by atoms with E-state index in [9.17, 15) is 22.8 Å². The van der Waals surface area contributed by atoms with Crippen molar-refractivity contribution in [3.05, 3.63) is 29.3 Å². The van der Waals surface area contributed by atoms with Crippen molar-refractivity contribution in [1.29, 1.82) is 0 Å². The lowest BCUT2D eigenvalue weighted by molar-refractivity contribution is -0.132. The number of Topliss-reactive ketones (excluding diaryl/α,β-unsaturated/α-hetero) is 1. The first kappa shape index (κ1) is 12.6. The zero-order chi connectivity index (χ0) is 13.7. The Morgan fingerprint density at radius 1 is 1.28 bits per heavy atom. The van der Waals surface area contributed by atoms with Crippen LogP contribution in [-0.2, 0) is 10.7 Å². The Balaban J connectivity index is 2.69. The molecule has 6 heteroatoms. The smallest absolute Gasteiger partial charge is 0.318 e. The number of esters is 1. The van der Waals surface area contributed by atoms with Crippen molar-refractivity contribution >= 4 is 11.8 Å². The monoisotopic (exact) mass is 258 g/mol. The summed E-state index contributed by atoms with van der Waals surface area (Å²) in [5.41, 5.74) is -4.65. The van der Waals surface area contributed by atoms with Crippen LogP contribution in [0.1, 0.15) is 29.8 Å². The predicted molar refractivity (Wildman–Crippen MR) is 55.5 cm³/mol. The first-order valence-corrected chi connectivity index (χ1v) is 5.13. The van der Waals surface area contributed by atoms with Crippen molar-refractivity contribution in [1.82, 2.24) is 0 Å². The summed E-state index contributed by atoms with van der Waals surface area (Å²) in [7, 11) is 0. The van der Waals surface area contributed by atoms with Crippen LogP contribution >= 0.6 is 0 Å². The normalized spacial score (nSPS) is 24.8. The second kappa shape index (κ2) is 3.57. The molecule has 0 saturated carbocycles. The number of benzene rings is 1. The maximum Gasteiger partial charge on any atom is 0.318 e. The van der Waals surface area contributed by atoms with E-state index in [1.54, 1.807) is 0 Å². The highest BCUT2D eigenvalue weighted by atomic mass is 19.3. The summed E-state index contributed by atoms with van der Waals surface area (Å²) in [5, 5.41) is 0. The Kier molecular flexibility index (Phi) is 2.50. The molecule has 0 fully saturated rings. The number of rotatable bonds is 1. The first-order chi connectivity index (χ1) is 8.19. The van der Waals surface area contributed by atoms with Crippen LogP contribution in [0.5, 0.6) is 5.75 Å². The summed E-state index contributed by atoms with van der Waals surface area (Å²) < 4.78 is 46.2. The molecule has 0 bridgehead atoms. The molecular formula is C12H9F3O3. The lowest BCUT2D eigenvalue weighted by atomic mass is 10.0. The predicted octanol–water partition coefficient (Wildman–Crippen LogP) is 2.63. The van der Waals surface area contributed by atoms with E-state index in [1.165, 1.54) is 6.07 Å². The van der Waals surface area contributed by atoms with Crippen LogP contribution in [0.4, 0.5) is 13.2 Å². The molecule has 96 valence electrons. The summed E-state index contributed by atoms with van der Waals surface area (Å²) in [4.78, 5) is 22.4. The van der Waals surface area contributed by atoms with Crippen molar-refractivity contribution in [3.63, 3.8) is 0 Å². The molecule has 0 amide bonds. The first-order valence-electron chi connectivity index (χ1n) is 5.13. The van der Waals surface area contributed by atoms with Gasteiger partial charge in [-0.25, -0.2) is 4.39 Å². The molecule has 1 unspecified atom stereocenters. The minimum absolute atomic E-state index is 0.455. The van der Waals surface area contributed by atoms with E-state index in [1.807, 2.05) is 0 Å². The topological polar surface area (TPSA) is 43.4 Å². The number of ether oxygens (including phenoxy) is 1. The maximum atomic E-state index is 13.9. The molecule has 3 nitrogen and oxygen atoms in total. The molecule has 1 aromatic rings. The summed E-state index contributed by atoms with van der Waals surface area (Å²) in [6, 6.07) is 3.44. The zero-order valence-electron chi connectivity index (χ0n) is 9.59. The third kappa shape index (κ3) is 1.45. The van der Waals surface area contributed by atoms with Crippen LogP contribution in [0.2, 0.25) is 0 Å². The Hall–Kier alpha value is -1.85. The lowest BCUT2D eigenvalue weighted by Gasteiger charge is -2.22. The third-order valence-corrected chi connectivity index (χ3v) is 2.85. The number of hydrogen-bond acceptors (Lipinski definition) is 3. The number of hydrogen-bond donors (Lipinski definition) is 0. The van der Waals surface area contributed by atoms with Crippen LogP contribution < -0.4 is 4.74 Å².